The van der Waals surface area contributed by atoms with Crippen molar-refractivity contribution < 1.29 is 9.53 Å². The highest BCUT2D eigenvalue weighted by Crippen LogP contribution is 2.25. The molecule has 2 aliphatic heterocycles. The topological polar surface area (TPSA) is 58.6 Å². The summed E-state index contributed by atoms with van der Waals surface area (Å²) >= 11 is 1.21. The maximum Gasteiger partial charge on any atom is 0.267 e. The molecule has 21 heavy (non-hydrogen) atoms. The van der Waals surface area contributed by atoms with Gasteiger partial charge in [0, 0.05) is 25.6 Å². The van der Waals surface area contributed by atoms with Gasteiger partial charge in [-0.05, 0) is 24.5 Å². The van der Waals surface area contributed by atoms with Crippen molar-refractivity contribution >= 4 is 17.4 Å². The first kappa shape index (κ1) is 14.9. The number of fused-ring (bicyclic) bond motifs is 3. The number of aromatic nitrogens is 2. The lowest BCUT2D eigenvalue weighted by Gasteiger charge is -2.29. The van der Waals surface area contributed by atoms with Gasteiger partial charge < -0.3 is 14.5 Å². The van der Waals surface area contributed by atoms with E-state index in [0.29, 0.717) is 17.4 Å². The monoisotopic (exact) mass is 310 g/mol. The predicted octanol–water partition coefficient (Wildman–Crippen LogP) is 1.06. The molecule has 0 spiro atoms. The van der Waals surface area contributed by atoms with E-state index in [0.717, 1.165) is 31.9 Å². The average Bonchev–Trinajstić information content (AvgIpc) is 2.75. The molecule has 0 aromatic carbocycles. The van der Waals surface area contributed by atoms with Crippen molar-refractivity contribution in [1.29, 1.82) is 0 Å². The fourth-order valence-corrected chi connectivity index (χ4v) is 3.96. The Kier molecular flexibility index (Phi) is 4.24. The van der Waals surface area contributed by atoms with E-state index in [-0.39, 0.29) is 17.9 Å². The Morgan fingerprint density at radius 2 is 2.14 bits per heavy atom. The smallest absolute Gasteiger partial charge is 0.267 e. The Hall–Kier alpha value is -1.05. The van der Waals surface area contributed by atoms with E-state index in [1.54, 1.807) is 0 Å². The molecule has 1 aromatic heterocycles. The number of carbonyl (C=O) groups is 1. The molecule has 7 heteroatoms. The largest absolute Gasteiger partial charge is 0.379 e. The molecular weight excluding hydrogens is 288 g/mol. The molecule has 116 valence electrons. The van der Waals surface area contributed by atoms with Crippen LogP contribution in [0.1, 0.15) is 35.1 Å². The first-order chi connectivity index (χ1) is 10.1. The zero-order valence-electron chi connectivity index (χ0n) is 12.8. The predicted molar refractivity (Wildman–Crippen MR) is 80.6 cm³/mol. The van der Waals surface area contributed by atoms with E-state index in [4.69, 9.17) is 4.74 Å². The van der Waals surface area contributed by atoms with Crippen molar-refractivity contribution in [2.75, 3.05) is 39.9 Å². The van der Waals surface area contributed by atoms with Gasteiger partial charge in [0.15, 0.2) is 0 Å². The number of amides is 1. The summed E-state index contributed by atoms with van der Waals surface area (Å²) in [6.45, 7) is 8.07. The summed E-state index contributed by atoms with van der Waals surface area (Å²) in [7, 11) is 2.12. The van der Waals surface area contributed by atoms with Crippen LogP contribution in [-0.4, -0.2) is 71.2 Å². The lowest BCUT2D eigenvalue weighted by molar-refractivity contribution is 0.0485. The number of hydrogen-bond acceptors (Lipinski definition) is 6. The van der Waals surface area contributed by atoms with Crippen LogP contribution in [0.5, 0.6) is 0 Å². The van der Waals surface area contributed by atoms with Gasteiger partial charge in [0.05, 0.1) is 24.9 Å². The van der Waals surface area contributed by atoms with Crippen molar-refractivity contribution in [1.82, 2.24) is 19.4 Å². The second-order valence-electron chi connectivity index (χ2n) is 6.38. The van der Waals surface area contributed by atoms with Crippen LogP contribution in [-0.2, 0) is 4.74 Å². The van der Waals surface area contributed by atoms with Crippen molar-refractivity contribution in [3.05, 3.63) is 10.6 Å². The van der Waals surface area contributed by atoms with Gasteiger partial charge in [-0.2, -0.15) is 0 Å². The summed E-state index contributed by atoms with van der Waals surface area (Å²) in [6.07, 6.45) is 0. The SMILES string of the molecule is CC(C)c1nnsc1C(=O)N1C[C@H]2COC[C@@H]1CN(C)C2. The summed E-state index contributed by atoms with van der Waals surface area (Å²) in [6, 6.07) is 0.122. The normalized spacial score (nSPS) is 27.0. The second kappa shape index (κ2) is 5.98. The Labute approximate surface area is 129 Å². The molecule has 0 saturated carbocycles. The second-order valence-corrected chi connectivity index (χ2v) is 7.13. The number of likely N-dealkylation sites (N-methyl/N-ethyl adjacent to an activating group) is 1. The first-order valence-electron chi connectivity index (χ1n) is 7.45. The van der Waals surface area contributed by atoms with Gasteiger partial charge in [0.1, 0.15) is 4.88 Å². The van der Waals surface area contributed by atoms with Crippen LogP contribution in [0.2, 0.25) is 0 Å². The molecule has 3 heterocycles. The Balaban J connectivity index is 1.88. The number of ether oxygens (including phenoxy) is 1. The molecule has 0 aliphatic carbocycles. The quantitative estimate of drug-likeness (QED) is 0.817. The van der Waals surface area contributed by atoms with E-state index >= 15 is 0 Å². The van der Waals surface area contributed by atoms with Crippen LogP contribution in [0.15, 0.2) is 0 Å². The van der Waals surface area contributed by atoms with Gasteiger partial charge in [0.2, 0.25) is 0 Å². The third kappa shape index (κ3) is 2.95. The van der Waals surface area contributed by atoms with Crippen LogP contribution < -0.4 is 0 Å². The minimum absolute atomic E-state index is 0.0736. The molecule has 2 fully saturated rings. The fraction of sp³-hybridized carbons (Fsp3) is 0.786. The Morgan fingerprint density at radius 3 is 2.90 bits per heavy atom. The van der Waals surface area contributed by atoms with Crippen LogP contribution in [0, 0.1) is 5.92 Å². The summed E-state index contributed by atoms with van der Waals surface area (Å²) in [5.74, 6) is 0.673. The minimum atomic E-state index is 0.0736. The van der Waals surface area contributed by atoms with Crippen molar-refractivity contribution in [3.63, 3.8) is 0 Å². The molecule has 2 bridgehead atoms. The molecule has 1 aromatic rings. The molecular formula is C14H22N4O2S. The van der Waals surface area contributed by atoms with Crippen molar-refractivity contribution in [2.24, 2.45) is 5.92 Å². The maximum atomic E-state index is 13.0. The zero-order chi connectivity index (χ0) is 15.0. The number of carbonyl (C=O) groups excluding carboxylic acids is 1. The van der Waals surface area contributed by atoms with Gasteiger partial charge in [-0.25, -0.2) is 0 Å². The van der Waals surface area contributed by atoms with Crippen molar-refractivity contribution in [2.45, 2.75) is 25.8 Å². The summed E-state index contributed by atoms with van der Waals surface area (Å²) < 4.78 is 9.72. The lowest BCUT2D eigenvalue weighted by Crippen LogP contribution is -2.46. The number of hydrogen-bond donors (Lipinski definition) is 0. The maximum absolute atomic E-state index is 13.0. The van der Waals surface area contributed by atoms with E-state index in [2.05, 4.69) is 21.5 Å². The third-order valence-corrected chi connectivity index (χ3v) is 4.90. The molecule has 6 nitrogen and oxygen atoms in total. The Morgan fingerprint density at radius 1 is 1.33 bits per heavy atom. The van der Waals surface area contributed by atoms with Gasteiger partial charge in [-0.1, -0.05) is 18.3 Å². The molecule has 0 N–H and O–H groups in total. The molecule has 0 radical (unpaired) electrons. The Bertz CT molecular complexity index is 519. The van der Waals surface area contributed by atoms with Crippen LogP contribution in [0.25, 0.3) is 0 Å². The highest BCUT2D eigenvalue weighted by molar-refractivity contribution is 7.08. The van der Waals surface area contributed by atoms with Gasteiger partial charge in [0.25, 0.3) is 5.91 Å². The standard InChI is InChI=1S/C14H22N4O2S/c1-9(2)12-13(21-16-15-12)14(19)18-5-10-4-17(3)6-11(18)8-20-7-10/h9-11H,4-8H2,1-3H3/t10-,11-/m0/s1. The van der Waals surface area contributed by atoms with E-state index < -0.39 is 0 Å². The van der Waals surface area contributed by atoms with Crippen molar-refractivity contribution in [3.8, 4) is 0 Å². The van der Waals surface area contributed by atoms with E-state index in [1.165, 1.54) is 11.5 Å². The summed E-state index contributed by atoms with van der Waals surface area (Å²) in [5, 5.41) is 4.13. The molecule has 2 saturated heterocycles. The minimum Gasteiger partial charge on any atom is -0.379 e. The van der Waals surface area contributed by atoms with E-state index in [1.807, 2.05) is 18.7 Å². The zero-order valence-corrected chi connectivity index (χ0v) is 13.6. The van der Waals surface area contributed by atoms with Gasteiger partial charge in [-0.3, -0.25) is 4.79 Å². The average molecular weight is 310 g/mol. The lowest BCUT2D eigenvalue weighted by atomic mass is 10.1. The fourth-order valence-electron chi connectivity index (χ4n) is 3.18. The van der Waals surface area contributed by atoms with Crippen LogP contribution in [0.4, 0.5) is 0 Å². The number of rotatable bonds is 2. The van der Waals surface area contributed by atoms with E-state index in [9.17, 15) is 4.79 Å². The highest BCUT2D eigenvalue weighted by atomic mass is 32.1. The third-order valence-electron chi connectivity index (χ3n) is 4.17. The number of nitrogens with zero attached hydrogens (tertiary/aromatic N) is 4. The van der Waals surface area contributed by atoms with Gasteiger partial charge in [-0.15, -0.1) is 5.10 Å². The van der Waals surface area contributed by atoms with Crippen LogP contribution >= 0.6 is 11.5 Å². The van der Waals surface area contributed by atoms with Crippen LogP contribution in [0.3, 0.4) is 0 Å². The summed E-state index contributed by atoms with van der Waals surface area (Å²) in [5.41, 5.74) is 0.818. The van der Waals surface area contributed by atoms with Gasteiger partial charge >= 0.3 is 0 Å². The highest BCUT2D eigenvalue weighted by Gasteiger charge is 2.36. The molecule has 2 aliphatic rings. The first-order valence-corrected chi connectivity index (χ1v) is 8.23. The molecule has 3 rings (SSSR count). The summed E-state index contributed by atoms with van der Waals surface area (Å²) in [4.78, 5) is 18.0. The molecule has 1 amide bonds. The molecule has 0 unspecified atom stereocenters. The molecule has 2 atom stereocenters.